The third kappa shape index (κ3) is 5.79. The van der Waals surface area contributed by atoms with Gasteiger partial charge in [-0.1, -0.05) is 0 Å². The molecular weight excluding hydrogens is 266 g/mol. The van der Waals surface area contributed by atoms with Crippen molar-refractivity contribution >= 4 is 6.03 Å². The topological polar surface area (TPSA) is 57.5 Å². The molecule has 1 aliphatic rings. The highest BCUT2D eigenvalue weighted by Gasteiger charge is 2.20. The van der Waals surface area contributed by atoms with Crippen LogP contribution in [0.4, 0.5) is 4.79 Å². The van der Waals surface area contributed by atoms with Crippen LogP contribution in [0.2, 0.25) is 0 Å². The van der Waals surface area contributed by atoms with Crippen LogP contribution < -0.4 is 10.6 Å². The maximum atomic E-state index is 11.5. The predicted molar refractivity (Wildman–Crippen MR) is 83.0 cm³/mol. The first-order chi connectivity index (χ1) is 10.1. The number of nitrogens with one attached hydrogen (secondary N) is 2. The molecule has 0 bridgehead atoms. The lowest BCUT2D eigenvalue weighted by Crippen LogP contribution is -2.41. The molecule has 2 rings (SSSR count). The molecule has 1 atom stereocenters. The van der Waals surface area contributed by atoms with Crippen LogP contribution in [0.15, 0.2) is 22.8 Å². The number of amides is 2. The molecular formula is C16H27N3O2. The zero-order valence-corrected chi connectivity index (χ0v) is 13.1. The summed E-state index contributed by atoms with van der Waals surface area (Å²) in [5.74, 6) is 1.69. The lowest BCUT2D eigenvalue weighted by molar-refractivity contribution is 0.151. The molecule has 0 aliphatic carbocycles. The van der Waals surface area contributed by atoms with Crippen molar-refractivity contribution in [2.75, 3.05) is 19.6 Å². The van der Waals surface area contributed by atoms with Crippen LogP contribution in [0.3, 0.4) is 0 Å². The number of urea groups is 1. The van der Waals surface area contributed by atoms with E-state index in [-0.39, 0.29) is 12.1 Å². The second-order valence-corrected chi connectivity index (χ2v) is 6.17. The second kappa shape index (κ2) is 8.08. The van der Waals surface area contributed by atoms with E-state index in [1.165, 1.54) is 12.8 Å². The number of carbonyl (C=O) groups is 1. The van der Waals surface area contributed by atoms with Crippen molar-refractivity contribution in [3.63, 3.8) is 0 Å². The molecule has 1 saturated heterocycles. The fraction of sp³-hybridized carbons (Fsp3) is 0.688. The predicted octanol–water partition coefficient (Wildman–Crippen LogP) is 2.59. The average Bonchev–Trinajstić information content (AvgIpc) is 2.91. The molecule has 1 fully saturated rings. The van der Waals surface area contributed by atoms with Gasteiger partial charge in [0, 0.05) is 19.1 Å². The molecule has 1 aromatic rings. The van der Waals surface area contributed by atoms with Gasteiger partial charge in [-0.3, -0.25) is 4.90 Å². The van der Waals surface area contributed by atoms with Gasteiger partial charge in [-0.15, -0.1) is 0 Å². The quantitative estimate of drug-likeness (QED) is 0.847. The van der Waals surface area contributed by atoms with Crippen LogP contribution in [-0.2, 0) is 6.54 Å². The maximum absolute atomic E-state index is 11.5. The maximum Gasteiger partial charge on any atom is 0.314 e. The Balaban J connectivity index is 1.66. The lowest BCUT2D eigenvalue weighted by Gasteiger charge is -2.32. The van der Waals surface area contributed by atoms with E-state index >= 15 is 0 Å². The van der Waals surface area contributed by atoms with E-state index in [1.807, 2.05) is 26.0 Å². The molecule has 5 heteroatoms. The number of hydrogen-bond donors (Lipinski definition) is 2. The van der Waals surface area contributed by atoms with Crippen molar-refractivity contribution in [1.29, 1.82) is 0 Å². The van der Waals surface area contributed by atoms with Gasteiger partial charge in [0.25, 0.3) is 0 Å². The normalized spacial score (nSPS) is 19.7. The third-order valence-electron chi connectivity index (χ3n) is 3.82. The Bertz CT molecular complexity index is 417. The Morgan fingerprint density at radius 2 is 2.38 bits per heavy atom. The van der Waals surface area contributed by atoms with Crippen LogP contribution in [0.1, 0.15) is 38.9 Å². The molecule has 1 aliphatic heterocycles. The molecule has 5 nitrogen and oxygen atoms in total. The van der Waals surface area contributed by atoms with Crippen molar-refractivity contribution in [2.45, 2.75) is 45.7 Å². The number of likely N-dealkylation sites (tertiary alicyclic amines) is 1. The molecule has 2 amide bonds. The third-order valence-corrected chi connectivity index (χ3v) is 3.82. The van der Waals surface area contributed by atoms with Crippen LogP contribution in [-0.4, -0.2) is 36.6 Å². The Morgan fingerprint density at radius 3 is 3.10 bits per heavy atom. The fourth-order valence-electron chi connectivity index (χ4n) is 2.86. The Morgan fingerprint density at radius 1 is 1.52 bits per heavy atom. The summed E-state index contributed by atoms with van der Waals surface area (Å²) in [4.78, 5) is 14.0. The summed E-state index contributed by atoms with van der Waals surface area (Å²) < 4.78 is 5.41. The smallest absolute Gasteiger partial charge is 0.314 e. The Kier molecular flexibility index (Phi) is 6.11. The Hall–Kier alpha value is -1.49. The highest BCUT2D eigenvalue weighted by Crippen LogP contribution is 2.20. The molecule has 118 valence electrons. The minimum absolute atomic E-state index is 0.0618. The van der Waals surface area contributed by atoms with E-state index < -0.39 is 0 Å². The molecule has 0 aromatic carbocycles. The van der Waals surface area contributed by atoms with Crippen LogP contribution in [0.5, 0.6) is 0 Å². The van der Waals surface area contributed by atoms with Gasteiger partial charge in [-0.05, 0) is 57.7 Å². The van der Waals surface area contributed by atoms with Crippen molar-refractivity contribution in [3.8, 4) is 0 Å². The molecule has 0 saturated carbocycles. The van der Waals surface area contributed by atoms with Crippen LogP contribution in [0, 0.1) is 5.92 Å². The minimum atomic E-state index is -0.0618. The molecule has 2 heterocycles. The van der Waals surface area contributed by atoms with E-state index in [2.05, 4.69) is 15.5 Å². The summed E-state index contributed by atoms with van der Waals surface area (Å²) >= 11 is 0. The molecule has 2 N–H and O–H groups in total. The summed E-state index contributed by atoms with van der Waals surface area (Å²) in [6, 6.07) is 4.09. The summed E-state index contributed by atoms with van der Waals surface area (Å²) in [6.07, 6.45) is 5.25. The minimum Gasteiger partial charge on any atom is -0.468 e. The van der Waals surface area contributed by atoms with Gasteiger partial charge in [0.2, 0.25) is 0 Å². The molecule has 1 aromatic heterocycles. The van der Waals surface area contributed by atoms with E-state index in [9.17, 15) is 4.79 Å². The van der Waals surface area contributed by atoms with E-state index in [4.69, 9.17) is 4.42 Å². The van der Waals surface area contributed by atoms with Gasteiger partial charge in [0.1, 0.15) is 5.76 Å². The molecule has 0 spiro atoms. The monoisotopic (exact) mass is 293 g/mol. The molecule has 0 unspecified atom stereocenters. The fourth-order valence-corrected chi connectivity index (χ4v) is 2.86. The van der Waals surface area contributed by atoms with Crippen LogP contribution in [0.25, 0.3) is 0 Å². The van der Waals surface area contributed by atoms with Gasteiger partial charge in [-0.25, -0.2) is 4.79 Å². The van der Waals surface area contributed by atoms with E-state index in [0.29, 0.717) is 5.92 Å². The van der Waals surface area contributed by atoms with Crippen molar-refractivity contribution in [3.05, 3.63) is 24.2 Å². The summed E-state index contributed by atoms with van der Waals surface area (Å²) in [6.45, 7) is 7.80. The SMILES string of the molecule is CC(C)NC(=O)NCC[C@@H]1CCCN(Cc2ccco2)C1. The van der Waals surface area contributed by atoms with Gasteiger partial charge >= 0.3 is 6.03 Å². The first-order valence-electron chi connectivity index (χ1n) is 7.92. The van der Waals surface area contributed by atoms with Crippen molar-refractivity contribution in [1.82, 2.24) is 15.5 Å². The largest absolute Gasteiger partial charge is 0.468 e. The van der Waals surface area contributed by atoms with Crippen molar-refractivity contribution in [2.24, 2.45) is 5.92 Å². The Labute approximate surface area is 127 Å². The zero-order chi connectivity index (χ0) is 15.1. The molecule has 0 radical (unpaired) electrons. The number of rotatable bonds is 6. The first kappa shape index (κ1) is 15.9. The van der Waals surface area contributed by atoms with E-state index in [0.717, 1.165) is 38.4 Å². The summed E-state index contributed by atoms with van der Waals surface area (Å²) in [5.41, 5.74) is 0. The number of hydrogen-bond acceptors (Lipinski definition) is 3. The highest BCUT2D eigenvalue weighted by molar-refractivity contribution is 5.73. The van der Waals surface area contributed by atoms with Gasteiger partial charge in [0.15, 0.2) is 0 Å². The number of nitrogens with zero attached hydrogens (tertiary/aromatic N) is 1. The zero-order valence-electron chi connectivity index (χ0n) is 13.1. The summed E-state index contributed by atoms with van der Waals surface area (Å²) in [5, 5.41) is 5.78. The van der Waals surface area contributed by atoms with Gasteiger partial charge in [-0.2, -0.15) is 0 Å². The molecule has 21 heavy (non-hydrogen) atoms. The standard InChI is InChI=1S/C16H27N3O2/c1-13(2)18-16(20)17-8-7-14-5-3-9-19(11-14)12-15-6-4-10-21-15/h4,6,10,13-14H,3,5,7-9,11-12H2,1-2H3,(H2,17,18,20)/t14-/m0/s1. The average molecular weight is 293 g/mol. The lowest BCUT2D eigenvalue weighted by atomic mass is 9.95. The number of piperidine rings is 1. The van der Waals surface area contributed by atoms with Gasteiger partial charge in [0.05, 0.1) is 12.8 Å². The van der Waals surface area contributed by atoms with Crippen LogP contribution >= 0.6 is 0 Å². The van der Waals surface area contributed by atoms with E-state index in [1.54, 1.807) is 6.26 Å². The summed E-state index contributed by atoms with van der Waals surface area (Å²) in [7, 11) is 0. The number of carbonyl (C=O) groups excluding carboxylic acids is 1. The second-order valence-electron chi connectivity index (χ2n) is 6.17. The van der Waals surface area contributed by atoms with Gasteiger partial charge < -0.3 is 15.1 Å². The number of furan rings is 1. The highest BCUT2D eigenvalue weighted by atomic mass is 16.3. The van der Waals surface area contributed by atoms with Crippen molar-refractivity contribution < 1.29 is 9.21 Å². The first-order valence-corrected chi connectivity index (χ1v) is 7.92.